The summed E-state index contributed by atoms with van der Waals surface area (Å²) >= 11 is 13.5. The van der Waals surface area contributed by atoms with Crippen LogP contribution in [0.3, 0.4) is 0 Å². The van der Waals surface area contributed by atoms with Gasteiger partial charge in [0.1, 0.15) is 11.4 Å². The molecule has 0 bridgehead atoms. The summed E-state index contributed by atoms with van der Waals surface area (Å²) in [6, 6.07) is 6.80. The van der Waals surface area contributed by atoms with Gasteiger partial charge in [0.2, 0.25) is 5.91 Å². The maximum atomic E-state index is 12.9. The molecule has 1 aromatic carbocycles. The second-order valence-corrected chi connectivity index (χ2v) is 7.85. The number of hydrogen-bond acceptors (Lipinski definition) is 4. The number of nitrogens with zero attached hydrogens (tertiary/aromatic N) is 3. The van der Waals surface area contributed by atoms with Crippen molar-refractivity contribution in [2.75, 3.05) is 18.4 Å². The van der Waals surface area contributed by atoms with Gasteiger partial charge in [0.05, 0.1) is 26.3 Å². The lowest BCUT2D eigenvalue weighted by molar-refractivity contribution is -0.116. The van der Waals surface area contributed by atoms with Crippen LogP contribution in [0.25, 0.3) is 10.2 Å². The highest BCUT2D eigenvalue weighted by atomic mass is 35.5. The van der Waals surface area contributed by atoms with E-state index >= 15 is 0 Å². The van der Waals surface area contributed by atoms with Crippen LogP contribution < -0.4 is 5.32 Å². The van der Waals surface area contributed by atoms with E-state index in [1.54, 1.807) is 22.9 Å². The Labute approximate surface area is 170 Å². The number of benzene rings is 1. The lowest BCUT2D eigenvalue weighted by Gasteiger charge is -2.20. The summed E-state index contributed by atoms with van der Waals surface area (Å²) in [5.74, 6) is -0.558. The van der Waals surface area contributed by atoms with Crippen molar-refractivity contribution < 1.29 is 9.59 Å². The molecule has 6 nitrogen and oxygen atoms in total. The van der Waals surface area contributed by atoms with Crippen molar-refractivity contribution in [1.82, 2.24) is 14.7 Å². The third kappa shape index (κ3) is 3.95. The Hall–Kier alpha value is -2.09. The van der Waals surface area contributed by atoms with E-state index in [1.807, 2.05) is 27.0 Å². The topological polar surface area (TPSA) is 67.2 Å². The van der Waals surface area contributed by atoms with Gasteiger partial charge in [-0.2, -0.15) is 5.10 Å². The minimum atomic E-state index is -0.362. The van der Waals surface area contributed by atoms with E-state index in [1.165, 1.54) is 16.2 Å². The molecule has 0 spiro atoms. The highest BCUT2D eigenvalue weighted by Crippen LogP contribution is 2.30. The quantitative estimate of drug-likeness (QED) is 0.661. The molecule has 2 aromatic heterocycles. The third-order valence-corrected chi connectivity index (χ3v) is 5.96. The van der Waals surface area contributed by atoms with Crippen molar-refractivity contribution >= 4 is 62.3 Å². The van der Waals surface area contributed by atoms with E-state index in [4.69, 9.17) is 23.2 Å². The van der Waals surface area contributed by atoms with Crippen LogP contribution in [0.2, 0.25) is 10.0 Å². The minimum absolute atomic E-state index is 0.0949. The standard InChI is InChI=1S/C18H18Cl2N4O2S/c1-4-24(9-15(25)21-16-12(19)6-5-7-13(16)20)17(26)14-8-11-10(2)22-23(3)18(11)27-14/h5-8H,4,9H2,1-3H3,(H,21,25). The number of aromatic nitrogens is 2. The fraction of sp³-hybridized carbons (Fsp3) is 0.278. The average molecular weight is 425 g/mol. The zero-order valence-electron chi connectivity index (χ0n) is 15.0. The van der Waals surface area contributed by atoms with Crippen LogP contribution in [0.4, 0.5) is 5.69 Å². The lowest BCUT2D eigenvalue weighted by atomic mass is 10.3. The molecule has 2 amide bonds. The molecule has 0 saturated heterocycles. The number of hydrogen-bond donors (Lipinski definition) is 1. The Morgan fingerprint density at radius 2 is 1.96 bits per heavy atom. The molecule has 2 heterocycles. The van der Waals surface area contributed by atoms with Crippen molar-refractivity contribution in [2.45, 2.75) is 13.8 Å². The zero-order valence-corrected chi connectivity index (χ0v) is 17.4. The second-order valence-electron chi connectivity index (χ2n) is 6.00. The van der Waals surface area contributed by atoms with Crippen LogP contribution >= 0.6 is 34.5 Å². The van der Waals surface area contributed by atoms with Crippen LogP contribution in [-0.4, -0.2) is 39.6 Å². The van der Waals surface area contributed by atoms with Crippen molar-refractivity contribution in [3.63, 3.8) is 0 Å². The Morgan fingerprint density at radius 3 is 2.56 bits per heavy atom. The van der Waals surface area contributed by atoms with Gasteiger partial charge in [0.25, 0.3) is 5.91 Å². The molecule has 0 aliphatic carbocycles. The molecule has 0 aliphatic rings. The van der Waals surface area contributed by atoms with Gasteiger partial charge in [0.15, 0.2) is 0 Å². The summed E-state index contributed by atoms with van der Waals surface area (Å²) in [5.41, 5.74) is 1.22. The van der Waals surface area contributed by atoms with Gasteiger partial charge in [-0.3, -0.25) is 14.3 Å². The number of nitrogens with one attached hydrogen (secondary N) is 1. The van der Waals surface area contributed by atoms with E-state index < -0.39 is 0 Å². The number of halogens is 2. The Balaban J connectivity index is 1.76. The first-order valence-corrected chi connectivity index (χ1v) is 9.85. The average Bonchev–Trinajstić information content (AvgIpc) is 3.17. The zero-order chi connectivity index (χ0) is 19.7. The summed E-state index contributed by atoms with van der Waals surface area (Å²) in [5, 5.41) is 8.67. The molecule has 3 rings (SSSR count). The van der Waals surface area contributed by atoms with Gasteiger partial charge in [-0.05, 0) is 32.0 Å². The molecular weight excluding hydrogens is 407 g/mol. The van der Waals surface area contributed by atoms with E-state index in [0.29, 0.717) is 27.2 Å². The van der Waals surface area contributed by atoms with Gasteiger partial charge in [0, 0.05) is 19.0 Å². The molecule has 0 fully saturated rings. The molecule has 27 heavy (non-hydrogen) atoms. The number of carbonyl (C=O) groups is 2. The minimum Gasteiger partial charge on any atom is -0.329 e. The fourth-order valence-corrected chi connectivity index (χ4v) is 4.35. The smallest absolute Gasteiger partial charge is 0.264 e. The predicted octanol–water partition coefficient (Wildman–Crippen LogP) is 4.35. The molecule has 0 unspecified atom stereocenters. The lowest BCUT2D eigenvalue weighted by Crippen LogP contribution is -2.37. The summed E-state index contributed by atoms with van der Waals surface area (Å²) in [7, 11) is 1.85. The third-order valence-electron chi connectivity index (χ3n) is 4.14. The first kappa shape index (κ1) is 19.7. The van der Waals surface area contributed by atoms with Gasteiger partial charge >= 0.3 is 0 Å². The van der Waals surface area contributed by atoms with Crippen LogP contribution in [0.15, 0.2) is 24.3 Å². The molecule has 1 N–H and O–H groups in total. The second kappa shape index (κ2) is 7.88. The van der Waals surface area contributed by atoms with E-state index in [0.717, 1.165) is 15.9 Å². The van der Waals surface area contributed by atoms with E-state index in [9.17, 15) is 9.59 Å². The van der Waals surface area contributed by atoms with Gasteiger partial charge in [-0.1, -0.05) is 29.3 Å². The molecule has 0 aliphatic heterocycles. The normalized spacial score (nSPS) is 11.0. The van der Waals surface area contributed by atoms with Crippen LogP contribution in [0.1, 0.15) is 22.3 Å². The first-order chi connectivity index (χ1) is 12.8. The molecule has 142 valence electrons. The monoisotopic (exact) mass is 424 g/mol. The molecule has 3 aromatic rings. The molecule has 9 heteroatoms. The van der Waals surface area contributed by atoms with E-state index in [2.05, 4.69) is 10.4 Å². The first-order valence-electron chi connectivity index (χ1n) is 8.28. The maximum absolute atomic E-state index is 12.9. The van der Waals surface area contributed by atoms with Crippen LogP contribution in [-0.2, 0) is 11.8 Å². The van der Waals surface area contributed by atoms with Crippen molar-refractivity contribution in [2.24, 2.45) is 7.05 Å². The number of thiophene rings is 1. The SMILES string of the molecule is CCN(CC(=O)Nc1c(Cl)cccc1Cl)C(=O)c1cc2c(C)nn(C)c2s1. The van der Waals surface area contributed by atoms with E-state index in [-0.39, 0.29) is 18.4 Å². The number of para-hydroxylation sites is 1. The van der Waals surface area contributed by atoms with Crippen molar-refractivity contribution in [1.29, 1.82) is 0 Å². The number of rotatable bonds is 5. The molecule has 0 saturated carbocycles. The number of fused-ring (bicyclic) bond motifs is 1. The van der Waals surface area contributed by atoms with Gasteiger partial charge in [-0.25, -0.2) is 0 Å². The molecule has 0 atom stereocenters. The van der Waals surface area contributed by atoms with Crippen LogP contribution in [0, 0.1) is 6.92 Å². The van der Waals surface area contributed by atoms with Gasteiger partial charge in [-0.15, -0.1) is 11.3 Å². The molecule has 0 radical (unpaired) electrons. The Morgan fingerprint density at radius 1 is 1.30 bits per heavy atom. The Bertz CT molecular complexity index is 973. The van der Waals surface area contributed by atoms with Gasteiger partial charge < -0.3 is 10.2 Å². The predicted molar refractivity (Wildman–Crippen MR) is 110 cm³/mol. The number of carbonyl (C=O) groups excluding carboxylic acids is 2. The summed E-state index contributed by atoms with van der Waals surface area (Å²) in [6.07, 6.45) is 0. The number of anilines is 1. The molecular formula is C18H18Cl2N4O2S. The Kier molecular flexibility index (Phi) is 5.74. The number of likely N-dealkylation sites (N-methyl/N-ethyl adjacent to an activating group) is 1. The maximum Gasteiger partial charge on any atom is 0.264 e. The van der Waals surface area contributed by atoms with Crippen molar-refractivity contribution in [3.8, 4) is 0 Å². The van der Waals surface area contributed by atoms with Crippen LogP contribution in [0.5, 0.6) is 0 Å². The summed E-state index contributed by atoms with van der Waals surface area (Å²) in [6.45, 7) is 4.03. The summed E-state index contributed by atoms with van der Waals surface area (Å²) < 4.78 is 1.76. The van der Waals surface area contributed by atoms with Crippen molar-refractivity contribution in [3.05, 3.63) is 44.9 Å². The summed E-state index contributed by atoms with van der Waals surface area (Å²) in [4.78, 5) is 28.3. The number of amides is 2. The number of aryl methyl sites for hydroxylation is 2. The fourth-order valence-electron chi connectivity index (χ4n) is 2.76. The largest absolute Gasteiger partial charge is 0.329 e. The highest BCUT2D eigenvalue weighted by Gasteiger charge is 2.22. The highest BCUT2D eigenvalue weighted by molar-refractivity contribution is 7.20.